The van der Waals surface area contributed by atoms with Crippen LogP contribution < -0.4 is 10.1 Å². The zero-order valence-corrected chi connectivity index (χ0v) is 19.1. The minimum atomic E-state index is -1.17. The number of ether oxygens (including phenoxy) is 1. The van der Waals surface area contributed by atoms with Crippen molar-refractivity contribution < 1.29 is 14.3 Å². The molecule has 3 aliphatic heterocycles. The number of fused-ring (bicyclic) bond motifs is 4. The molecule has 0 aliphatic carbocycles. The topological polar surface area (TPSA) is 58.6 Å². The van der Waals surface area contributed by atoms with Crippen molar-refractivity contribution in [2.45, 2.75) is 11.5 Å². The van der Waals surface area contributed by atoms with E-state index in [1.165, 1.54) is 0 Å². The summed E-state index contributed by atoms with van der Waals surface area (Å²) in [6.07, 6.45) is 0. The second kappa shape index (κ2) is 6.77. The zero-order chi connectivity index (χ0) is 22.1. The first-order chi connectivity index (χ1) is 15.5. The lowest BCUT2D eigenvalue weighted by atomic mass is 9.57. The number of halogens is 1. The van der Waals surface area contributed by atoms with E-state index < -0.39 is 11.0 Å². The third-order valence-corrected chi connectivity index (χ3v) is 8.16. The molecule has 160 valence electrons. The van der Waals surface area contributed by atoms with Gasteiger partial charge < -0.3 is 10.1 Å². The van der Waals surface area contributed by atoms with Crippen LogP contribution in [0.5, 0.6) is 5.75 Å². The molecule has 1 fully saturated rings. The highest BCUT2D eigenvalue weighted by Gasteiger charge is 2.75. The highest BCUT2D eigenvalue weighted by molar-refractivity contribution is 9.10. The number of carbonyl (C=O) groups is 2. The van der Waals surface area contributed by atoms with Gasteiger partial charge in [0.05, 0.1) is 5.56 Å². The summed E-state index contributed by atoms with van der Waals surface area (Å²) < 4.78 is 7.20. The van der Waals surface area contributed by atoms with Crippen LogP contribution >= 0.6 is 15.9 Å². The van der Waals surface area contributed by atoms with Gasteiger partial charge in [0.1, 0.15) is 23.3 Å². The molecule has 0 bridgehead atoms. The van der Waals surface area contributed by atoms with Crippen LogP contribution in [0.25, 0.3) is 0 Å². The van der Waals surface area contributed by atoms with Crippen molar-refractivity contribution in [3.05, 3.63) is 94.0 Å². The molecule has 5 nitrogen and oxygen atoms in total. The fraction of sp³-hybridized carbons (Fsp3) is 0.231. The SMILES string of the molecule is CN1C[C@H](c2ccccc2Br)[C@@]2(COc3ccccc3C2=O)[C@@]12C(=O)Nc1ccccc12. The lowest BCUT2D eigenvalue weighted by Crippen LogP contribution is -2.62. The van der Waals surface area contributed by atoms with Crippen molar-refractivity contribution in [3.8, 4) is 5.75 Å². The number of likely N-dealkylation sites (N-methyl/N-ethyl adjacent to an activating group) is 1. The molecular weight excluding hydrogens is 468 g/mol. The smallest absolute Gasteiger partial charge is 0.250 e. The fourth-order valence-corrected chi connectivity index (χ4v) is 6.71. The van der Waals surface area contributed by atoms with Crippen molar-refractivity contribution in [1.82, 2.24) is 4.90 Å². The normalized spacial score (nSPS) is 28.5. The standard InChI is InChI=1S/C26H21BrN2O3/c1-29-14-19(16-8-2-5-11-20(16)27)25(15-32-22-13-7-3-9-17(22)23(25)30)26(29)18-10-4-6-12-21(18)28-24(26)31/h2-13,19H,14-15H2,1H3,(H,28,31)/t19-,25-,26-/m1/s1. The molecule has 0 aromatic heterocycles. The fourth-order valence-electron chi connectivity index (χ4n) is 6.15. The van der Waals surface area contributed by atoms with Crippen LogP contribution in [0, 0.1) is 5.41 Å². The lowest BCUT2D eigenvalue weighted by molar-refractivity contribution is -0.131. The predicted molar refractivity (Wildman–Crippen MR) is 125 cm³/mol. The molecule has 1 saturated heterocycles. The maximum absolute atomic E-state index is 14.5. The Morgan fingerprint density at radius 3 is 2.56 bits per heavy atom. The predicted octanol–water partition coefficient (Wildman–Crippen LogP) is 4.59. The van der Waals surface area contributed by atoms with Gasteiger partial charge in [-0.15, -0.1) is 0 Å². The number of hydrogen-bond acceptors (Lipinski definition) is 4. The van der Waals surface area contributed by atoms with E-state index in [0.717, 1.165) is 21.3 Å². The summed E-state index contributed by atoms with van der Waals surface area (Å²) in [5, 5.41) is 3.06. The van der Waals surface area contributed by atoms with Crippen molar-refractivity contribution in [2.24, 2.45) is 5.41 Å². The number of ketones is 1. The third-order valence-electron chi connectivity index (χ3n) is 7.44. The Morgan fingerprint density at radius 1 is 1.00 bits per heavy atom. The number of amides is 1. The molecule has 3 atom stereocenters. The molecule has 3 aromatic carbocycles. The Labute approximate surface area is 194 Å². The van der Waals surface area contributed by atoms with Crippen LogP contribution in [0.15, 0.2) is 77.3 Å². The third kappa shape index (κ3) is 2.21. The van der Waals surface area contributed by atoms with Gasteiger partial charge in [0.2, 0.25) is 0 Å². The summed E-state index contributed by atoms with van der Waals surface area (Å²) in [4.78, 5) is 30.4. The Morgan fingerprint density at radius 2 is 1.72 bits per heavy atom. The second-order valence-electron chi connectivity index (χ2n) is 8.75. The second-order valence-corrected chi connectivity index (χ2v) is 9.60. The maximum Gasteiger partial charge on any atom is 0.250 e. The average molecular weight is 489 g/mol. The molecule has 3 heterocycles. The Balaban J connectivity index is 1.69. The maximum atomic E-state index is 14.5. The number of nitrogens with one attached hydrogen (secondary N) is 1. The number of carbonyl (C=O) groups excluding carboxylic acids is 2. The number of rotatable bonds is 1. The zero-order valence-electron chi connectivity index (χ0n) is 17.5. The highest BCUT2D eigenvalue weighted by atomic mass is 79.9. The van der Waals surface area contributed by atoms with Gasteiger partial charge in [0.15, 0.2) is 5.78 Å². The Kier molecular flexibility index (Phi) is 4.17. The molecule has 0 radical (unpaired) electrons. The Bertz CT molecular complexity index is 1290. The minimum absolute atomic E-state index is 0.0451. The summed E-state index contributed by atoms with van der Waals surface area (Å²) in [6.45, 7) is 0.669. The molecule has 3 aliphatic rings. The number of nitrogens with zero attached hydrogens (tertiary/aromatic N) is 1. The number of Topliss-reactive ketones (excluding diaryl/α,β-unsaturated/α-hetero) is 1. The van der Waals surface area contributed by atoms with Gasteiger partial charge in [-0.25, -0.2) is 0 Å². The molecule has 3 aromatic rings. The van der Waals surface area contributed by atoms with Crippen LogP contribution in [-0.2, 0) is 10.3 Å². The van der Waals surface area contributed by atoms with Gasteiger partial charge in [0.25, 0.3) is 5.91 Å². The molecular formula is C26H21BrN2O3. The molecule has 0 unspecified atom stereocenters. The van der Waals surface area contributed by atoms with E-state index in [1.54, 1.807) is 6.07 Å². The molecule has 0 saturated carbocycles. The number of hydrogen-bond donors (Lipinski definition) is 1. The van der Waals surface area contributed by atoms with Crippen LogP contribution in [0.3, 0.4) is 0 Å². The summed E-state index contributed by atoms with van der Waals surface area (Å²) in [5.41, 5.74) is 0.819. The molecule has 1 amide bonds. The van der Waals surface area contributed by atoms with Crippen molar-refractivity contribution in [2.75, 3.05) is 25.5 Å². The summed E-state index contributed by atoms with van der Waals surface area (Å²) >= 11 is 3.70. The number of likely N-dealkylation sites (tertiary alicyclic amines) is 1. The molecule has 32 heavy (non-hydrogen) atoms. The first-order valence-corrected chi connectivity index (χ1v) is 11.4. The number of benzene rings is 3. The van der Waals surface area contributed by atoms with Gasteiger partial charge >= 0.3 is 0 Å². The van der Waals surface area contributed by atoms with Crippen LogP contribution in [-0.4, -0.2) is 36.8 Å². The van der Waals surface area contributed by atoms with E-state index in [4.69, 9.17) is 4.74 Å². The average Bonchev–Trinajstić information content (AvgIpc) is 3.25. The quantitative estimate of drug-likeness (QED) is 0.544. The van der Waals surface area contributed by atoms with E-state index in [-0.39, 0.29) is 24.2 Å². The molecule has 2 spiro atoms. The monoisotopic (exact) mass is 488 g/mol. The van der Waals surface area contributed by atoms with E-state index in [9.17, 15) is 9.59 Å². The first-order valence-electron chi connectivity index (χ1n) is 10.6. The van der Waals surface area contributed by atoms with Crippen molar-refractivity contribution in [1.29, 1.82) is 0 Å². The van der Waals surface area contributed by atoms with Crippen LogP contribution in [0.2, 0.25) is 0 Å². The summed E-state index contributed by atoms with van der Waals surface area (Å²) in [7, 11) is 1.94. The number of anilines is 1. The van der Waals surface area contributed by atoms with E-state index >= 15 is 0 Å². The molecule has 6 rings (SSSR count). The number of para-hydroxylation sites is 2. The van der Waals surface area contributed by atoms with E-state index in [1.807, 2.05) is 78.7 Å². The van der Waals surface area contributed by atoms with Gasteiger partial charge in [-0.05, 0) is 36.9 Å². The van der Waals surface area contributed by atoms with Crippen LogP contribution in [0.4, 0.5) is 5.69 Å². The first kappa shape index (κ1) is 19.7. The van der Waals surface area contributed by atoms with Gasteiger partial charge in [-0.3, -0.25) is 14.5 Å². The summed E-state index contributed by atoms with van der Waals surface area (Å²) in [6, 6.07) is 23.0. The molecule has 6 heteroatoms. The minimum Gasteiger partial charge on any atom is -0.492 e. The van der Waals surface area contributed by atoms with Gasteiger partial charge in [0, 0.05) is 28.2 Å². The summed E-state index contributed by atoms with van der Waals surface area (Å²) in [5.74, 6) is 0.106. The van der Waals surface area contributed by atoms with E-state index in [2.05, 4.69) is 21.2 Å². The van der Waals surface area contributed by atoms with Crippen LogP contribution in [0.1, 0.15) is 27.4 Å². The molecule has 1 N–H and O–H groups in total. The van der Waals surface area contributed by atoms with E-state index in [0.29, 0.717) is 17.9 Å². The van der Waals surface area contributed by atoms with Gasteiger partial charge in [-0.1, -0.05) is 64.5 Å². The van der Waals surface area contributed by atoms with Crippen molar-refractivity contribution in [3.63, 3.8) is 0 Å². The van der Waals surface area contributed by atoms with Crippen molar-refractivity contribution >= 4 is 33.3 Å². The highest BCUT2D eigenvalue weighted by Crippen LogP contribution is 2.64. The van der Waals surface area contributed by atoms with Gasteiger partial charge in [-0.2, -0.15) is 0 Å². The lowest BCUT2D eigenvalue weighted by Gasteiger charge is -2.47. The largest absolute Gasteiger partial charge is 0.492 e. The Hall–Kier alpha value is -2.96.